The third-order valence-electron chi connectivity index (χ3n) is 3.55. The summed E-state index contributed by atoms with van der Waals surface area (Å²) in [6.07, 6.45) is -3.91. The smallest absolute Gasteiger partial charge is 0.393 e. The number of phenolic OH excluding ortho intramolecular Hbond substituents is 1. The van der Waals surface area contributed by atoms with Gasteiger partial charge in [-0.05, 0) is 31.9 Å². The Morgan fingerprint density at radius 3 is 2.75 bits per heavy atom. The predicted molar refractivity (Wildman–Crippen MR) is 67.5 cm³/mol. The van der Waals surface area contributed by atoms with Crippen LogP contribution in [-0.4, -0.2) is 35.2 Å². The summed E-state index contributed by atoms with van der Waals surface area (Å²) in [5, 5.41) is 9.69. The molecule has 1 saturated heterocycles. The first-order chi connectivity index (χ1) is 9.29. The van der Waals surface area contributed by atoms with Gasteiger partial charge in [-0.2, -0.15) is 13.2 Å². The van der Waals surface area contributed by atoms with Crippen LogP contribution in [0.15, 0.2) is 18.2 Å². The number of halogens is 3. The van der Waals surface area contributed by atoms with Gasteiger partial charge in [-0.1, -0.05) is 11.6 Å². The van der Waals surface area contributed by atoms with E-state index in [9.17, 15) is 23.1 Å². The topological polar surface area (TPSA) is 40.5 Å². The average Bonchev–Trinajstić information content (AvgIpc) is 2.40. The van der Waals surface area contributed by atoms with Crippen molar-refractivity contribution >= 4 is 5.91 Å². The van der Waals surface area contributed by atoms with Crippen molar-refractivity contribution in [2.75, 3.05) is 13.1 Å². The monoisotopic (exact) mass is 287 g/mol. The quantitative estimate of drug-likeness (QED) is 0.862. The largest absolute Gasteiger partial charge is 0.507 e. The Hall–Kier alpha value is -1.72. The van der Waals surface area contributed by atoms with Gasteiger partial charge in [0.25, 0.3) is 5.91 Å². The fourth-order valence-electron chi connectivity index (χ4n) is 2.42. The Labute approximate surface area is 115 Å². The maximum absolute atomic E-state index is 12.7. The number of benzene rings is 1. The van der Waals surface area contributed by atoms with Gasteiger partial charge in [-0.15, -0.1) is 0 Å². The summed E-state index contributed by atoms with van der Waals surface area (Å²) in [5.74, 6) is -2.22. The fourth-order valence-corrected chi connectivity index (χ4v) is 2.42. The normalized spacial score (nSPS) is 20.0. The molecular formula is C14H16F3NO2. The number of hydrogen-bond acceptors (Lipinski definition) is 2. The van der Waals surface area contributed by atoms with Gasteiger partial charge in [0, 0.05) is 13.1 Å². The molecule has 1 aromatic rings. The van der Waals surface area contributed by atoms with Crippen molar-refractivity contribution in [3.8, 4) is 5.75 Å². The highest BCUT2D eigenvalue weighted by Crippen LogP contribution is 2.34. The lowest BCUT2D eigenvalue weighted by atomic mass is 9.96. The van der Waals surface area contributed by atoms with Crippen LogP contribution in [0.2, 0.25) is 0 Å². The van der Waals surface area contributed by atoms with E-state index in [1.54, 1.807) is 13.0 Å². The molecule has 1 N–H and O–H groups in total. The molecule has 1 heterocycles. The number of alkyl halides is 3. The van der Waals surface area contributed by atoms with E-state index in [1.165, 1.54) is 17.0 Å². The van der Waals surface area contributed by atoms with Crippen LogP contribution < -0.4 is 0 Å². The lowest BCUT2D eigenvalue weighted by molar-refractivity contribution is -0.184. The average molecular weight is 287 g/mol. The molecule has 1 fully saturated rings. The van der Waals surface area contributed by atoms with E-state index >= 15 is 0 Å². The van der Waals surface area contributed by atoms with Gasteiger partial charge in [0.2, 0.25) is 0 Å². The zero-order valence-corrected chi connectivity index (χ0v) is 11.1. The molecule has 110 valence electrons. The number of likely N-dealkylation sites (tertiary alicyclic amines) is 1. The molecule has 1 aromatic carbocycles. The summed E-state index contributed by atoms with van der Waals surface area (Å²) >= 11 is 0. The van der Waals surface area contributed by atoms with Crippen LogP contribution in [0.4, 0.5) is 13.2 Å². The maximum Gasteiger partial charge on any atom is 0.393 e. The van der Waals surface area contributed by atoms with Gasteiger partial charge in [-0.3, -0.25) is 4.79 Å². The Morgan fingerprint density at radius 1 is 1.40 bits per heavy atom. The molecule has 6 heteroatoms. The summed E-state index contributed by atoms with van der Waals surface area (Å²) in [6.45, 7) is 1.71. The van der Waals surface area contributed by atoms with E-state index in [1.807, 2.05) is 0 Å². The van der Waals surface area contributed by atoms with Crippen molar-refractivity contribution in [1.29, 1.82) is 0 Å². The number of carbonyl (C=O) groups excluding carboxylic acids is 1. The number of hydrogen-bond donors (Lipinski definition) is 1. The Balaban J connectivity index is 2.18. The second-order valence-corrected chi connectivity index (χ2v) is 5.15. The van der Waals surface area contributed by atoms with Crippen molar-refractivity contribution in [3.05, 3.63) is 29.3 Å². The summed E-state index contributed by atoms with van der Waals surface area (Å²) < 4.78 is 38.2. The second kappa shape index (κ2) is 5.34. The maximum atomic E-state index is 12.7. The highest BCUT2D eigenvalue weighted by atomic mass is 19.4. The van der Waals surface area contributed by atoms with Crippen LogP contribution in [0.5, 0.6) is 5.75 Å². The number of piperidine rings is 1. The lowest BCUT2D eigenvalue weighted by Gasteiger charge is -2.33. The molecule has 0 saturated carbocycles. The summed E-state index contributed by atoms with van der Waals surface area (Å²) in [5.41, 5.74) is 0.836. The van der Waals surface area contributed by atoms with Crippen LogP contribution in [0.25, 0.3) is 0 Å². The number of phenols is 1. The van der Waals surface area contributed by atoms with Crippen LogP contribution in [0.3, 0.4) is 0 Å². The van der Waals surface area contributed by atoms with Crippen molar-refractivity contribution in [1.82, 2.24) is 4.90 Å². The molecule has 0 spiro atoms. The molecule has 1 aliphatic rings. The van der Waals surface area contributed by atoms with Crippen molar-refractivity contribution in [3.63, 3.8) is 0 Å². The number of carbonyl (C=O) groups is 1. The van der Waals surface area contributed by atoms with E-state index in [0.717, 1.165) is 5.56 Å². The van der Waals surface area contributed by atoms with Crippen LogP contribution in [0.1, 0.15) is 28.8 Å². The van der Waals surface area contributed by atoms with Gasteiger partial charge in [0.15, 0.2) is 0 Å². The molecular weight excluding hydrogens is 271 g/mol. The SMILES string of the molecule is Cc1ccc(O)c(C(=O)N2CCCC(C(F)(F)F)C2)c1. The van der Waals surface area contributed by atoms with Gasteiger partial charge in [0.1, 0.15) is 5.75 Å². The van der Waals surface area contributed by atoms with Gasteiger partial charge in [0.05, 0.1) is 11.5 Å². The van der Waals surface area contributed by atoms with E-state index < -0.39 is 18.0 Å². The number of aryl methyl sites for hydroxylation is 1. The zero-order valence-electron chi connectivity index (χ0n) is 11.1. The number of amides is 1. The molecule has 3 nitrogen and oxygen atoms in total. The van der Waals surface area contributed by atoms with Crippen LogP contribution >= 0.6 is 0 Å². The molecule has 0 aliphatic carbocycles. The van der Waals surface area contributed by atoms with E-state index in [0.29, 0.717) is 13.0 Å². The third-order valence-corrected chi connectivity index (χ3v) is 3.55. The summed E-state index contributed by atoms with van der Waals surface area (Å²) in [7, 11) is 0. The molecule has 20 heavy (non-hydrogen) atoms. The van der Waals surface area contributed by atoms with Crippen LogP contribution in [0, 0.1) is 12.8 Å². The Morgan fingerprint density at radius 2 is 2.10 bits per heavy atom. The third kappa shape index (κ3) is 3.05. The minimum Gasteiger partial charge on any atom is -0.507 e. The zero-order chi connectivity index (χ0) is 14.9. The molecule has 1 unspecified atom stereocenters. The minimum atomic E-state index is -4.28. The first-order valence-corrected chi connectivity index (χ1v) is 6.44. The highest BCUT2D eigenvalue weighted by Gasteiger charge is 2.42. The van der Waals surface area contributed by atoms with Gasteiger partial charge >= 0.3 is 6.18 Å². The van der Waals surface area contributed by atoms with Crippen molar-refractivity contribution < 1.29 is 23.1 Å². The minimum absolute atomic E-state index is 0.0487. The van der Waals surface area contributed by atoms with Crippen LogP contribution in [-0.2, 0) is 0 Å². The van der Waals surface area contributed by atoms with E-state index in [-0.39, 0.29) is 24.3 Å². The predicted octanol–water partition coefficient (Wildman–Crippen LogP) is 3.12. The summed E-state index contributed by atoms with van der Waals surface area (Å²) in [6, 6.07) is 4.52. The molecule has 2 rings (SSSR count). The van der Waals surface area contributed by atoms with Gasteiger partial charge in [-0.25, -0.2) is 0 Å². The lowest BCUT2D eigenvalue weighted by Crippen LogP contribution is -2.44. The first kappa shape index (κ1) is 14.7. The number of aromatic hydroxyl groups is 1. The second-order valence-electron chi connectivity index (χ2n) is 5.15. The van der Waals surface area contributed by atoms with E-state index in [4.69, 9.17) is 0 Å². The molecule has 1 aliphatic heterocycles. The Kier molecular flexibility index (Phi) is 3.92. The van der Waals surface area contributed by atoms with E-state index in [2.05, 4.69) is 0 Å². The molecule has 0 radical (unpaired) electrons. The van der Waals surface area contributed by atoms with Crippen molar-refractivity contribution in [2.24, 2.45) is 5.92 Å². The Bertz CT molecular complexity index is 514. The molecule has 0 bridgehead atoms. The number of nitrogens with zero attached hydrogens (tertiary/aromatic N) is 1. The van der Waals surface area contributed by atoms with Crippen molar-refractivity contribution in [2.45, 2.75) is 25.9 Å². The number of rotatable bonds is 1. The fraction of sp³-hybridized carbons (Fsp3) is 0.500. The standard InChI is InChI=1S/C14H16F3NO2/c1-9-4-5-12(19)11(7-9)13(20)18-6-2-3-10(8-18)14(15,16)17/h4-5,7,10,19H,2-3,6,8H2,1H3. The van der Waals surface area contributed by atoms with Gasteiger partial charge < -0.3 is 10.0 Å². The molecule has 0 aromatic heterocycles. The molecule has 1 atom stereocenters. The summed E-state index contributed by atoms with van der Waals surface area (Å²) in [4.78, 5) is 13.4. The molecule has 1 amide bonds. The first-order valence-electron chi connectivity index (χ1n) is 6.44. The highest BCUT2D eigenvalue weighted by molar-refractivity contribution is 5.97.